The number of hydrogen-bond donors (Lipinski definition) is 2. The Morgan fingerprint density at radius 3 is 2.82 bits per heavy atom. The van der Waals surface area contributed by atoms with Gasteiger partial charge in [-0.1, -0.05) is 12.1 Å². The Bertz CT molecular complexity index is 531. The first kappa shape index (κ1) is 11.3. The quantitative estimate of drug-likeness (QED) is 0.850. The molecule has 0 unspecified atom stereocenters. The van der Waals surface area contributed by atoms with Crippen molar-refractivity contribution in [2.24, 2.45) is 0 Å². The van der Waals surface area contributed by atoms with Crippen molar-refractivity contribution in [2.45, 2.75) is 6.92 Å². The zero-order chi connectivity index (χ0) is 12.3. The number of benzene rings is 1. The molecule has 0 amide bonds. The van der Waals surface area contributed by atoms with Crippen molar-refractivity contribution in [3.05, 3.63) is 42.1 Å². The van der Waals surface area contributed by atoms with Crippen molar-refractivity contribution in [1.29, 1.82) is 0 Å². The van der Waals surface area contributed by atoms with Gasteiger partial charge in [0.15, 0.2) is 0 Å². The van der Waals surface area contributed by atoms with Gasteiger partial charge in [-0.25, -0.2) is 4.79 Å². The van der Waals surface area contributed by atoms with Crippen LogP contribution in [-0.2, 0) is 0 Å². The van der Waals surface area contributed by atoms with Crippen molar-refractivity contribution < 1.29 is 14.6 Å². The number of carbonyl (C=O) groups is 1. The maximum Gasteiger partial charge on any atom is 0.352 e. The largest absolute Gasteiger partial charge is 0.494 e. The van der Waals surface area contributed by atoms with Gasteiger partial charge in [0.1, 0.15) is 11.4 Å². The van der Waals surface area contributed by atoms with Crippen molar-refractivity contribution in [2.75, 3.05) is 6.61 Å². The van der Waals surface area contributed by atoms with Crippen LogP contribution in [0.5, 0.6) is 5.75 Å². The van der Waals surface area contributed by atoms with Crippen LogP contribution < -0.4 is 4.74 Å². The highest BCUT2D eigenvalue weighted by Gasteiger charge is 2.07. The number of hydrogen-bond acceptors (Lipinski definition) is 2. The van der Waals surface area contributed by atoms with Gasteiger partial charge in [0.25, 0.3) is 0 Å². The van der Waals surface area contributed by atoms with Gasteiger partial charge in [0.2, 0.25) is 0 Å². The highest BCUT2D eigenvalue weighted by atomic mass is 16.5. The van der Waals surface area contributed by atoms with Crippen LogP contribution in [0.2, 0.25) is 0 Å². The number of carboxylic acids is 1. The van der Waals surface area contributed by atoms with Gasteiger partial charge in [-0.2, -0.15) is 0 Å². The van der Waals surface area contributed by atoms with E-state index in [1.54, 1.807) is 12.1 Å². The molecule has 1 heterocycles. The van der Waals surface area contributed by atoms with Crippen molar-refractivity contribution >= 4 is 5.97 Å². The van der Waals surface area contributed by atoms with Gasteiger partial charge in [0, 0.05) is 11.3 Å². The smallest absolute Gasteiger partial charge is 0.352 e. The molecule has 0 saturated heterocycles. The molecule has 0 spiro atoms. The molecule has 2 aromatic rings. The summed E-state index contributed by atoms with van der Waals surface area (Å²) in [5.41, 5.74) is 1.86. The lowest BCUT2D eigenvalue weighted by molar-refractivity contribution is 0.0691. The summed E-state index contributed by atoms with van der Waals surface area (Å²) in [6.07, 6.45) is 0. The first-order valence-corrected chi connectivity index (χ1v) is 5.36. The van der Waals surface area contributed by atoms with Crippen LogP contribution in [0.4, 0.5) is 0 Å². The van der Waals surface area contributed by atoms with Gasteiger partial charge < -0.3 is 14.8 Å². The Balaban J connectivity index is 2.31. The number of aromatic amines is 1. The van der Waals surface area contributed by atoms with E-state index in [2.05, 4.69) is 4.98 Å². The molecule has 1 aromatic carbocycles. The van der Waals surface area contributed by atoms with E-state index in [-0.39, 0.29) is 5.69 Å². The number of aromatic nitrogens is 1. The molecule has 0 aliphatic carbocycles. The molecule has 0 saturated carbocycles. The fourth-order valence-electron chi connectivity index (χ4n) is 1.61. The fraction of sp³-hybridized carbons (Fsp3) is 0.154. The summed E-state index contributed by atoms with van der Waals surface area (Å²) >= 11 is 0. The molecule has 0 aliphatic heterocycles. The number of nitrogens with one attached hydrogen (secondary N) is 1. The summed E-state index contributed by atoms with van der Waals surface area (Å²) in [6.45, 7) is 2.53. The fourth-order valence-corrected chi connectivity index (χ4v) is 1.61. The van der Waals surface area contributed by atoms with Crippen molar-refractivity contribution in [3.8, 4) is 17.0 Å². The average Bonchev–Trinajstić information content (AvgIpc) is 2.79. The minimum Gasteiger partial charge on any atom is -0.494 e. The predicted molar refractivity (Wildman–Crippen MR) is 64.4 cm³/mol. The van der Waals surface area contributed by atoms with Crippen LogP contribution in [0, 0.1) is 0 Å². The molecule has 4 nitrogen and oxygen atoms in total. The lowest BCUT2D eigenvalue weighted by Crippen LogP contribution is -1.95. The van der Waals surface area contributed by atoms with Crippen LogP contribution in [0.1, 0.15) is 17.4 Å². The molecule has 17 heavy (non-hydrogen) atoms. The molecule has 2 N–H and O–H groups in total. The SMILES string of the molecule is CCOc1cccc(-c2ccc(C(=O)O)[nH]2)c1. The minimum absolute atomic E-state index is 0.182. The van der Waals surface area contributed by atoms with E-state index in [4.69, 9.17) is 9.84 Å². The third-order valence-electron chi connectivity index (χ3n) is 2.37. The summed E-state index contributed by atoms with van der Waals surface area (Å²) < 4.78 is 5.39. The summed E-state index contributed by atoms with van der Waals surface area (Å²) in [7, 11) is 0. The Hall–Kier alpha value is -2.23. The van der Waals surface area contributed by atoms with E-state index in [9.17, 15) is 4.79 Å². The molecule has 0 aliphatic rings. The number of aromatic carboxylic acids is 1. The Morgan fingerprint density at radius 1 is 1.35 bits per heavy atom. The zero-order valence-corrected chi connectivity index (χ0v) is 9.43. The molecule has 0 atom stereocenters. The standard InChI is InChI=1S/C13H13NO3/c1-2-17-10-5-3-4-9(8-10)11-6-7-12(14-11)13(15)16/h3-8,14H,2H2,1H3,(H,15,16). The van der Waals surface area contributed by atoms with Crippen LogP contribution >= 0.6 is 0 Å². The topological polar surface area (TPSA) is 62.3 Å². The summed E-state index contributed by atoms with van der Waals surface area (Å²) in [5, 5.41) is 8.83. The normalized spacial score (nSPS) is 10.2. The lowest BCUT2D eigenvalue weighted by atomic mass is 10.1. The Kier molecular flexibility index (Phi) is 3.14. The summed E-state index contributed by atoms with van der Waals surface area (Å²) in [6, 6.07) is 10.8. The number of ether oxygens (including phenoxy) is 1. The molecule has 4 heteroatoms. The summed E-state index contributed by atoms with van der Waals surface area (Å²) in [4.78, 5) is 13.6. The molecule has 1 aromatic heterocycles. The highest BCUT2D eigenvalue weighted by molar-refractivity contribution is 5.86. The summed E-state index contributed by atoms with van der Waals surface area (Å²) in [5.74, 6) is -0.186. The number of rotatable bonds is 4. The van der Waals surface area contributed by atoms with E-state index in [0.29, 0.717) is 6.61 Å². The van der Waals surface area contributed by atoms with Crippen molar-refractivity contribution in [1.82, 2.24) is 4.98 Å². The molecule has 0 bridgehead atoms. The van der Waals surface area contributed by atoms with E-state index < -0.39 is 5.97 Å². The number of carboxylic acid groups (broad SMARTS) is 1. The second kappa shape index (κ2) is 4.74. The van der Waals surface area contributed by atoms with Gasteiger partial charge >= 0.3 is 5.97 Å². The Labute approximate surface area is 98.9 Å². The maximum atomic E-state index is 10.8. The molecule has 88 valence electrons. The second-order valence-corrected chi connectivity index (χ2v) is 3.55. The highest BCUT2D eigenvalue weighted by Crippen LogP contribution is 2.23. The molecular weight excluding hydrogens is 218 g/mol. The second-order valence-electron chi connectivity index (χ2n) is 3.55. The third kappa shape index (κ3) is 2.47. The third-order valence-corrected chi connectivity index (χ3v) is 2.37. The van der Waals surface area contributed by atoms with Gasteiger partial charge in [-0.05, 0) is 31.2 Å². The van der Waals surface area contributed by atoms with E-state index in [1.807, 2.05) is 31.2 Å². The van der Waals surface area contributed by atoms with E-state index in [1.165, 1.54) is 0 Å². The van der Waals surface area contributed by atoms with E-state index in [0.717, 1.165) is 17.0 Å². The van der Waals surface area contributed by atoms with Crippen LogP contribution in [0.15, 0.2) is 36.4 Å². The van der Waals surface area contributed by atoms with Gasteiger partial charge in [-0.15, -0.1) is 0 Å². The Morgan fingerprint density at radius 2 is 2.18 bits per heavy atom. The number of H-pyrrole nitrogens is 1. The van der Waals surface area contributed by atoms with Crippen molar-refractivity contribution in [3.63, 3.8) is 0 Å². The average molecular weight is 231 g/mol. The lowest BCUT2D eigenvalue weighted by Gasteiger charge is -2.04. The van der Waals surface area contributed by atoms with Gasteiger partial charge in [-0.3, -0.25) is 0 Å². The van der Waals surface area contributed by atoms with Crippen LogP contribution in [0.3, 0.4) is 0 Å². The van der Waals surface area contributed by atoms with E-state index >= 15 is 0 Å². The molecule has 0 radical (unpaired) electrons. The minimum atomic E-state index is -0.961. The van der Waals surface area contributed by atoms with Gasteiger partial charge in [0.05, 0.1) is 6.61 Å². The molecule has 2 rings (SSSR count). The van der Waals surface area contributed by atoms with Crippen LogP contribution in [0.25, 0.3) is 11.3 Å². The molecular formula is C13H13NO3. The monoisotopic (exact) mass is 231 g/mol. The first-order valence-electron chi connectivity index (χ1n) is 5.36. The first-order chi connectivity index (χ1) is 8.20. The predicted octanol–water partition coefficient (Wildman–Crippen LogP) is 2.78. The zero-order valence-electron chi connectivity index (χ0n) is 9.43. The molecule has 0 fully saturated rings. The maximum absolute atomic E-state index is 10.8. The van der Waals surface area contributed by atoms with Crippen LogP contribution in [-0.4, -0.2) is 22.7 Å².